The average molecular weight is 429 g/mol. The van der Waals surface area contributed by atoms with Crippen LogP contribution in [0.3, 0.4) is 0 Å². The Kier molecular flexibility index (Phi) is 6.61. The molecule has 136 valence electrons. The number of sulfonamides is 1. The molecule has 7 heteroatoms. The summed E-state index contributed by atoms with van der Waals surface area (Å²) in [5, 5.41) is 0. The van der Waals surface area contributed by atoms with Crippen molar-refractivity contribution in [1.29, 1.82) is 0 Å². The maximum atomic E-state index is 12.8. The summed E-state index contributed by atoms with van der Waals surface area (Å²) in [4.78, 5) is 0.0805. The smallest absolute Gasteiger partial charge is 0.241 e. The normalized spacial score (nSPS) is 13.7. The topological polar surface area (TPSA) is 64.6 Å². The van der Waals surface area contributed by atoms with Gasteiger partial charge in [-0.2, -0.15) is 0 Å². The Balaban J connectivity index is 2.39. The standard InChI is InChI=1S/C18H22BrNO4S/c1-13-4-9-17(25(21,22)20-12-18(23-2)24-3)15(10-13)11-14-5-7-16(19)8-6-14/h4-10,18,20H,11-12H2,1-3H3/i11D. The molecule has 0 saturated carbocycles. The predicted octanol–water partition coefficient (Wildman–Crippen LogP) is 3.25. The minimum absolute atomic E-state index is 0.0242. The van der Waals surface area contributed by atoms with Crippen molar-refractivity contribution in [3.8, 4) is 0 Å². The zero-order chi connectivity index (χ0) is 19.3. The first-order valence-electron chi connectivity index (χ1n) is 8.19. The van der Waals surface area contributed by atoms with E-state index in [-0.39, 0.29) is 11.4 Å². The number of halogens is 1. The molecule has 0 aliphatic rings. The number of benzene rings is 2. The first-order valence-corrected chi connectivity index (χ1v) is 9.89. The summed E-state index contributed by atoms with van der Waals surface area (Å²) in [6.07, 6.45) is -1.51. The highest BCUT2D eigenvalue weighted by molar-refractivity contribution is 9.10. The fourth-order valence-corrected chi connectivity index (χ4v) is 3.73. The Morgan fingerprint density at radius 1 is 1.16 bits per heavy atom. The van der Waals surface area contributed by atoms with E-state index < -0.39 is 22.7 Å². The molecule has 0 saturated heterocycles. The molecule has 0 bridgehead atoms. The van der Waals surface area contributed by atoms with E-state index in [0.29, 0.717) is 11.1 Å². The summed E-state index contributed by atoms with van der Waals surface area (Å²) in [5.41, 5.74) is 2.02. The number of ether oxygens (including phenoxy) is 2. The Morgan fingerprint density at radius 3 is 2.40 bits per heavy atom. The number of hydrogen-bond acceptors (Lipinski definition) is 4. The molecule has 0 aromatic heterocycles. The first-order chi connectivity index (χ1) is 12.3. The molecule has 0 heterocycles. The fourth-order valence-electron chi connectivity index (χ4n) is 2.28. The fraction of sp³-hybridized carbons (Fsp3) is 0.333. The van der Waals surface area contributed by atoms with Crippen molar-refractivity contribution in [3.05, 3.63) is 63.6 Å². The van der Waals surface area contributed by atoms with Crippen LogP contribution in [0.25, 0.3) is 0 Å². The summed E-state index contributed by atoms with van der Waals surface area (Å²) in [6.45, 7) is 1.84. The van der Waals surface area contributed by atoms with Crippen LogP contribution in [0.1, 0.15) is 18.1 Å². The predicted molar refractivity (Wildman–Crippen MR) is 101 cm³/mol. The van der Waals surface area contributed by atoms with Gasteiger partial charge in [0.2, 0.25) is 10.0 Å². The molecular weight excluding hydrogens is 406 g/mol. The summed E-state index contributed by atoms with van der Waals surface area (Å²) in [5.74, 6) is 0. The van der Waals surface area contributed by atoms with Gasteiger partial charge in [0.1, 0.15) is 0 Å². The molecule has 0 spiro atoms. The van der Waals surface area contributed by atoms with Crippen molar-refractivity contribution < 1.29 is 19.3 Å². The molecule has 1 N–H and O–H groups in total. The molecule has 1 atom stereocenters. The van der Waals surface area contributed by atoms with Crippen molar-refractivity contribution in [2.45, 2.75) is 24.5 Å². The van der Waals surface area contributed by atoms with E-state index in [1.54, 1.807) is 24.3 Å². The van der Waals surface area contributed by atoms with E-state index in [1.165, 1.54) is 20.3 Å². The Labute approximate surface area is 158 Å². The molecule has 5 nitrogen and oxygen atoms in total. The lowest BCUT2D eigenvalue weighted by Crippen LogP contribution is -2.34. The maximum absolute atomic E-state index is 12.8. The van der Waals surface area contributed by atoms with E-state index in [0.717, 1.165) is 10.0 Å². The summed E-state index contributed by atoms with van der Waals surface area (Å²) in [7, 11) is -0.948. The van der Waals surface area contributed by atoms with Crippen LogP contribution in [0.4, 0.5) is 0 Å². The Hall–Kier alpha value is -1.25. The van der Waals surface area contributed by atoms with E-state index >= 15 is 0 Å². The van der Waals surface area contributed by atoms with Crippen molar-refractivity contribution in [1.82, 2.24) is 4.72 Å². The molecule has 0 amide bonds. The van der Waals surface area contributed by atoms with Crippen LogP contribution >= 0.6 is 15.9 Å². The molecule has 2 rings (SSSR count). The maximum Gasteiger partial charge on any atom is 0.241 e. The molecule has 0 aliphatic heterocycles. The zero-order valence-corrected chi connectivity index (χ0v) is 16.7. The molecule has 0 fully saturated rings. The van der Waals surface area contributed by atoms with Gasteiger partial charge in [-0.3, -0.25) is 0 Å². The minimum atomic E-state index is -3.82. The van der Waals surface area contributed by atoms with Gasteiger partial charge in [-0.25, -0.2) is 13.1 Å². The highest BCUT2D eigenvalue weighted by atomic mass is 79.9. The highest BCUT2D eigenvalue weighted by Gasteiger charge is 2.20. The Bertz CT molecular complexity index is 839. The van der Waals surface area contributed by atoms with Crippen molar-refractivity contribution in [2.75, 3.05) is 20.8 Å². The lowest BCUT2D eigenvalue weighted by Gasteiger charge is -2.16. The van der Waals surface area contributed by atoms with Crippen molar-refractivity contribution >= 4 is 26.0 Å². The van der Waals surface area contributed by atoms with Gasteiger partial charge in [0.05, 0.1) is 11.4 Å². The van der Waals surface area contributed by atoms with E-state index in [9.17, 15) is 8.42 Å². The minimum Gasteiger partial charge on any atom is -0.355 e. The molecule has 25 heavy (non-hydrogen) atoms. The zero-order valence-electron chi connectivity index (χ0n) is 15.3. The van der Waals surface area contributed by atoms with Gasteiger partial charge >= 0.3 is 0 Å². The van der Waals surface area contributed by atoms with Gasteiger partial charge < -0.3 is 9.47 Å². The van der Waals surface area contributed by atoms with Crippen LogP contribution in [-0.4, -0.2) is 35.5 Å². The van der Waals surface area contributed by atoms with E-state index in [4.69, 9.17) is 10.8 Å². The SMILES string of the molecule is [2H]C(c1ccc(Br)cc1)c1cc(C)ccc1S(=O)(=O)NCC(OC)OC. The second kappa shape index (κ2) is 8.91. The molecule has 0 aliphatic carbocycles. The van der Waals surface area contributed by atoms with Gasteiger partial charge in [0.25, 0.3) is 0 Å². The van der Waals surface area contributed by atoms with E-state index in [2.05, 4.69) is 20.7 Å². The van der Waals surface area contributed by atoms with Crippen LogP contribution in [0.15, 0.2) is 51.8 Å². The summed E-state index contributed by atoms with van der Waals surface area (Å²) in [6, 6.07) is 12.3. The van der Waals surface area contributed by atoms with Gasteiger partial charge in [0.15, 0.2) is 6.29 Å². The molecular formula is C18H22BrNO4S. The second-order valence-corrected chi connectivity index (χ2v) is 8.14. The molecule has 1 unspecified atom stereocenters. The first kappa shape index (κ1) is 18.5. The Morgan fingerprint density at radius 2 is 1.80 bits per heavy atom. The second-order valence-electron chi connectivity index (χ2n) is 5.49. The number of aryl methyl sites for hydroxylation is 1. The van der Waals surface area contributed by atoms with Crippen LogP contribution in [-0.2, 0) is 25.9 Å². The summed E-state index contributed by atoms with van der Waals surface area (Å²) >= 11 is 3.37. The van der Waals surface area contributed by atoms with Gasteiger partial charge in [-0.15, -0.1) is 0 Å². The van der Waals surface area contributed by atoms with Crippen molar-refractivity contribution in [3.63, 3.8) is 0 Å². The number of hydrogen-bond donors (Lipinski definition) is 1. The van der Waals surface area contributed by atoms with Crippen molar-refractivity contribution in [2.24, 2.45) is 0 Å². The third kappa shape index (κ3) is 5.62. The highest BCUT2D eigenvalue weighted by Crippen LogP contribution is 2.22. The molecule has 0 radical (unpaired) electrons. The number of methoxy groups -OCH3 is 2. The third-order valence-corrected chi connectivity index (χ3v) is 5.64. The quantitative estimate of drug-likeness (QED) is 0.655. The van der Waals surface area contributed by atoms with Gasteiger partial charge in [0, 0.05) is 20.1 Å². The average Bonchev–Trinajstić information content (AvgIpc) is 2.62. The van der Waals surface area contributed by atoms with Gasteiger partial charge in [-0.05, 0) is 42.6 Å². The number of nitrogens with one attached hydrogen (secondary N) is 1. The lowest BCUT2D eigenvalue weighted by molar-refractivity contribution is -0.0960. The number of rotatable bonds is 8. The molecule has 2 aromatic rings. The van der Waals surface area contributed by atoms with Crippen LogP contribution in [0.5, 0.6) is 0 Å². The molecule has 2 aromatic carbocycles. The van der Waals surface area contributed by atoms with Crippen LogP contribution in [0.2, 0.25) is 0 Å². The van der Waals surface area contributed by atoms with Gasteiger partial charge in [-0.1, -0.05) is 45.8 Å². The monoisotopic (exact) mass is 428 g/mol. The largest absolute Gasteiger partial charge is 0.355 e. The third-order valence-electron chi connectivity index (χ3n) is 3.61. The van der Waals surface area contributed by atoms with E-state index in [1.807, 2.05) is 19.1 Å². The lowest BCUT2D eigenvalue weighted by atomic mass is 10.0. The van der Waals surface area contributed by atoms with Crippen LogP contribution in [0, 0.1) is 6.92 Å². The van der Waals surface area contributed by atoms with Crippen LogP contribution < -0.4 is 4.72 Å². The summed E-state index contributed by atoms with van der Waals surface area (Å²) < 4.78 is 47.5.